The first-order chi connectivity index (χ1) is 15.0. The van der Waals surface area contributed by atoms with E-state index in [1.807, 2.05) is 24.0 Å². The number of primary amides is 1. The molecule has 2 aromatic rings. The van der Waals surface area contributed by atoms with Gasteiger partial charge in [-0.1, -0.05) is 43.3 Å². The van der Waals surface area contributed by atoms with E-state index in [9.17, 15) is 9.59 Å². The van der Waals surface area contributed by atoms with Gasteiger partial charge < -0.3 is 20.9 Å². The molecule has 2 aromatic carbocycles. The fourth-order valence-corrected chi connectivity index (χ4v) is 5.08. The zero-order valence-electron chi connectivity index (χ0n) is 18.4. The van der Waals surface area contributed by atoms with E-state index in [1.165, 1.54) is 11.1 Å². The molecule has 3 amide bonds. The van der Waals surface area contributed by atoms with Crippen molar-refractivity contribution in [2.45, 2.75) is 57.5 Å². The van der Waals surface area contributed by atoms with E-state index >= 15 is 0 Å². The Morgan fingerprint density at radius 2 is 1.68 bits per heavy atom. The minimum absolute atomic E-state index is 0.130. The molecule has 2 aliphatic heterocycles. The Bertz CT molecular complexity index is 952. The molecule has 0 spiro atoms. The molecule has 6 heteroatoms. The van der Waals surface area contributed by atoms with Gasteiger partial charge in [-0.15, -0.1) is 0 Å². The molecule has 1 fully saturated rings. The number of carbonyl (C=O) groups is 2. The standard InChI is InChI=1S/C25H32N4O2/c1-3-24(30)29-17(2)16-22(20-9-5-7-11-23(20)29)27-21-10-6-4-8-19(21)18-12-14-28(15-13-18)25(26)31/h4-11,17-18,22,27H,3,12-16H2,1-2H3,(H2,26,31)/t17-,22+/m0/s1. The molecule has 0 unspecified atom stereocenters. The van der Waals surface area contributed by atoms with Crippen LogP contribution in [0.5, 0.6) is 0 Å². The number of hydrogen-bond donors (Lipinski definition) is 2. The van der Waals surface area contributed by atoms with Crippen LogP contribution < -0.4 is 16.0 Å². The van der Waals surface area contributed by atoms with Crippen molar-refractivity contribution < 1.29 is 9.59 Å². The third kappa shape index (κ3) is 4.24. The number of nitrogens with two attached hydrogens (primary N) is 1. The number of amides is 3. The number of piperidine rings is 1. The molecular formula is C25H32N4O2. The fraction of sp³-hybridized carbons (Fsp3) is 0.440. The Balaban J connectivity index is 1.59. The minimum atomic E-state index is -0.330. The number of likely N-dealkylation sites (tertiary alicyclic amines) is 1. The van der Waals surface area contributed by atoms with Crippen LogP contribution in [0.25, 0.3) is 0 Å². The van der Waals surface area contributed by atoms with Gasteiger partial charge in [-0.3, -0.25) is 4.79 Å². The molecule has 0 radical (unpaired) electrons. The average molecular weight is 421 g/mol. The van der Waals surface area contributed by atoms with Crippen LogP contribution in [-0.2, 0) is 4.79 Å². The van der Waals surface area contributed by atoms with Crippen LogP contribution in [0.4, 0.5) is 16.2 Å². The second-order valence-electron chi connectivity index (χ2n) is 8.64. The number of para-hydroxylation sites is 2. The molecule has 2 aliphatic rings. The van der Waals surface area contributed by atoms with Gasteiger partial charge in [0.1, 0.15) is 0 Å². The molecule has 1 saturated heterocycles. The largest absolute Gasteiger partial charge is 0.378 e. The van der Waals surface area contributed by atoms with E-state index in [4.69, 9.17) is 5.73 Å². The summed E-state index contributed by atoms with van der Waals surface area (Å²) in [6, 6.07) is 16.7. The first-order valence-electron chi connectivity index (χ1n) is 11.3. The molecule has 2 atom stereocenters. The van der Waals surface area contributed by atoms with Crippen LogP contribution in [0.15, 0.2) is 48.5 Å². The number of urea groups is 1. The lowest BCUT2D eigenvalue weighted by atomic mass is 9.87. The monoisotopic (exact) mass is 420 g/mol. The van der Waals surface area contributed by atoms with Gasteiger partial charge in [0.15, 0.2) is 0 Å². The number of anilines is 2. The number of nitrogens with one attached hydrogen (secondary N) is 1. The van der Waals surface area contributed by atoms with E-state index in [-0.39, 0.29) is 24.0 Å². The molecule has 6 nitrogen and oxygen atoms in total. The lowest BCUT2D eigenvalue weighted by molar-refractivity contribution is -0.118. The van der Waals surface area contributed by atoms with Crippen molar-refractivity contribution in [1.29, 1.82) is 0 Å². The van der Waals surface area contributed by atoms with Gasteiger partial charge in [0.25, 0.3) is 0 Å². The van der Waals surface area contributed by atoms with Gasteiger partial charge in [0.2, 0.25) is 5.91 Å². The summed E-state index contributed by atoms with van der Waals surface area (Å²) in [4.78, 5) is 27.8. The number of carbonyl (C=O) groups excluding carboxylic acids is 2. The highest BCUT2D eigenvalue weighted by molar-refractivity contribution is 5.95. The summed E-state index contributed by atoms with van der Waals surface area (Å²) in [5.41, 5.74) is 10.1. The predicted molar refractivity (Wildman–Crippen MR) is 124 cm³/mol. The molecule has 0 aliphatic carbocycles. The Morgan fingerprint density at radius 3 is 2.35 bits per heavy atom. The normalized spacial score (nSPS) is 21.5. The molecule has 3 N–H and O–H groups in total. The van der Waals surface area contributed by atoms with Crippen LogP contribution >= 0.6 is 0 Å². The fourth-order valence-electron chi connectivity index (χ4n) is 5.08. The Labute approximate surface area is 184 Å². The zero-order valence-corrected chi connectivity index (χ0v) is 18.4. The molecule has 31 heavy (non-hydrogen) atoms. The van der Waals surface area contributed by atoms with Crippen molar-refractivity contribution >= 4 is 23.3 Å². The van der Waals surface area contributed by atoms with Crippen molar-refractivity contribution in [3.05, 3.63) is 59.7 Å². The quantitative estimate of drug-likeness (QED) is 0.757. The highest BCUT2D eigenvalue weighted by Crippen LogP contribution is 2.41. The minimum Gasteiger partial charge on any atom is -0.378 e. The zero-order chi connectivity index (χ0) is 22.0. The second kappa shape index (κ2) is 9.00. The Hall–Kier alpha value is -3.02. The van der Waals surface area contributed by atoms with Crippen molar-refractivity contribution in [2.24, 2.45) is 5.73 Å². The van der Waals surface area contributed by atoms with E-state index in [0.717, 1.165) is 30.6 Å². The van der Waals surface area contributed by atoms with Gasteiger partial charge in [0.05, 0.1) is 6.04 Å². The van der Waals surface area contributed by atoms with Crippen molar-refractivity contribution in [3.8, 4) is 0 Å². The smallest absolute Gasteiger partial charge is 0.314 e. The number of fused-ring (bicyclic) bond motifs is 1. The van der Waals surface area contributed by atoms with Gasteiger partial charge in [0, 0.05) is 36.9 Å². The highest BCUT2D eigenvalue weighted by Gasteiger charge is 2.33. The maximum atomic E-state index is 12.6. The Morgan fingerprint density at radius 1 is 1.03 bits per heavy atom. The molecule has 164 valence electrons. The maximum absolute atomic E-state index is 12.6. The molecule has 0 bridgehead atoms. The number of hydrogen-bond acceptors (Lipinski definition) is 3. The van der Waals surface area contributed by atoms with E-state index in [0.29, 0.717) is 25.4 Å². The summed E-state index contributed by atoms with van der Waals surface area (Å²) >= 11 is 0. The van der Waals surface area contributed by atoms with E-state index in [2.05, 4.69) is 48.6 Å². The number of nitrogens with zero attached hydrogens (tertiary/aromatic N) is 2. The lowest BCUT2D eigenvalue weighted by Crippen LogP contribution is -2.44. The lowest BCUT2D eigenvalue weighted by Gasteiger charge is -2.40. The van der Waals surface area contributed by atoms with E-state index in [1.54, 1.807) is 4.90 Å². The molecule has 0 saturated carbocycles. The van der Waals surface area contributed by atoms with Crippen LogP contribution in [0.2, 0.25) is 0 Å². The maximum Gasteiger partial charge on any atom is 0.314 e. The highest BCUT2D eigenvalue weighted by atomic mass is 16.2. The van der Waals surface area contributed by atoms with Gasteiger partial charge in [-0.25, -0.2) is 4.79 Å². The molecule has 2 heterocycles. The van der Waals surface area contributed by atoms with E-state index < -0.39 is 0 Å². The summed E-state index contributed by atoms with van der Waals surface area (Å²) < 4.78 is 0. The predicted octanol–water partition coefficient (Wildman–Crippen LogP) is 4.63. The summed E-state index contributed by atoms with van der Waals surface area (Å²) in [7, 11) is 0. The first-order valence-corrected chi connectivity index (χ1v) is 11.3. The summed E-state index contributed by atoms with van der Waals surface area (Å²) in [5, 5.41) is 3.80. The average Bonchev–Trinajstić information content (AvgIpc) is 2.79. The third-order valence-electron chi connectivity index (χ3n) is 6.70. The molecule has 0 aromatic heterocycles. The topological polar surface area (TPSA) is 78.7 Å². The second-order valence-corrected chi connectivity index (χ2v) is 8.64. The number of rotatable bonds is 4. The summed E-state index contributed by atoms with van der Waals surface area (Å²) in [5.74, 6) is 0.564. The third-order valence-corrected chi connectivity index (χ3v) is 6.70. The van der Waals surface area contributed by atoms with Gasteiger partial charge in [-0.05, 0) is 55.4 Å². The van der Waals surface area contributed by atoms with Gasteiger partial charge in [-0.2, -0.15) is 0 Å². The van der Waals surface area contributed by atoms with Crippen molar-refractivity contribution in [3.63, 3.8) is 0 Å². The SMILES string of the molecule is CCC(=O)N1c2ccccc2[C@H](Nc2ccccc2C2CCN(C(N)=O)CC2)C[C@@H]1C. The number of benzene rings is 2. The van der Waals surface area contributed by atoms with Gasteiger partial charge >= 0.3 is 6.03 Å². The summed E-state index contributed by atoms with van der Waals surface area (Å²) in [6.45, 7) is 5.45. The van der Waals surface area contributed by atoms with Crippen molar-refractivity contribution in [1.82, 2.24) is 4.90 Å². The van der Waals surface area contributed by atoms with Crippen molar-refractivity contribution in [2.75, 3.05) is 23.3 Å². The summed E-state index contributed by atoms with van der Waals surface area (Å²) in [6.07, 6.45) is 3.19. The van der Waals surface area contributed by atoms with Crippen LogP contribution in [0.1, 0.15) is 62.6 Å². The van der Waals surface area contributed by atoms with Crippen LogP contribution in [0, 0.1) is 0 Å². The van der Waals surface area contributed by atoms with Crippen LogP contribution in [-0.4, -0.2) is 36.0 Å². The molecular weight excluding hydrogens is 388 g/mol. The first kappa shape index (κ1) is 21.2. The molecule has 4 rings (SSSR count). The Kier molecular flexibility index (Phi) is 6.16. The van der Waals surface area contributed by atoms with Crippen LogP contribution in [0.3, 0.4) is 0 Å².